The number of aromatic nitrogens is 2. The van der Waals surface area contributed by atoms with Crippen molar-refractivity contribution in [2.75, 3.05) is 19.9 Å². The summed E-state index contributed by atoms with van der Waals surface area (Å²) in [5.41, 5.74) is 3.15. The van der Waals surface area contributed by atoms with E-state index in [4.69, 9.17) is 14.5 Å². The van der Waals surface area contributed by atoms with E-state index in [-0.39, 0.29) is 18.6 Å². The number of nitrogens with zero attached hydrogens (tertiary/aromatic N) is 2. The van der Waals surface area contributed by atoms with Crippen LogP contribution in [0.4, 0.5) is 0 Å². The molecular formula is C22H23N3O3. The van der Waals surface area contributed by atoms with Crippen molar-refractivity contribution < 1.29 is 14.3 Å². The van der Waals surface area contributed by atoms with E-state index in [2.05, 4.69) is 4.98 Å². The second-order valence-electron chi connectivity index (χ2n) is 7.51. The molecule has 3 heterocycles. The van der Waals surface area contributed by atoms with Gasteiger partial charge in [-0.05, 0) is 49.1 Å². The molecule has 0 bridgehead atoms. The Bertz CT molecular complexity index is 980. The number of H-pyrrole nitrogens is 1. The molecule has 1 fully saturated rings. The van der Waals surface area contributed by atoms with Gasteiger partial charge < -0.3 is 19.4 Å². The summed E-state index contributed by atoms with van der Waals surface area (Å²) >= 11 is 0. The van der Waals surface area contributed by atoms with Crippen LogP contribution in [0.3, 0.4) is 0 Å². The first-order valence-electron chi connectivity index (χ1n) is 9.87. The zero-order valence-electron chi connectivity index (χ0n) is 15.7. The summed E-state index contributed by atoms with van der Waals surface area (Å²) in [4.78, 5) is 23.0. The van der Waals surface area contributed by atoms with Crippen molar-refractivity contribution in [1.29, 1.82) is 0 Å². The number of aryl methyl sites for hydroxylation is 1. The van der Waals surface area contributed by atoms with Gasteiger partial charge in [-0.15, -0.1) is 0 Å². The number of para-hydroxylation sites is 2. The number of imidazole rings is 1. The van der Waals surface area contributed by atoms with Crippen LogP contribution in [-0.2, 0) is 11.2 Å². The molecule has 1 unspecified atom stereocenters. The molecule has 3 aromatic rings. The van der Waals surface area contributed by atoms with E-state index >= 15 is 0 Å². The third-order valence-electron chi connectivity index (χ3n) is 5.63. The molecule has 144 valence electrons. The number of aromatic amines is 1. The van der Waals surface area contributed by atoms with Gasteiger partial charge in [0.05, 0.1) is 11.0 Å². The number of hydrogen-bond donors (Lipinski definition) is 1. The maximum Gasteiger partial charge on any atom is 0.231 e. The number of ether oxygens (including phenoxy) is 2. The summed E-state index contributed by atoms with van der Waals surface area (Å²) in [6.45, 7) is 1.84. The second kappa shape index (κ2) is 7.19. The van der Waals surface area contributed by atoms with Crippen LogP contribution >= 0.6 is 0 Å². The van der Waals surface area contributed by atoms with Gasteiger partial charge in [0.1, 0.15) is 5.82 Å². The normalized spacial score (nSPS) is 18.6. The van der Waals surface area contributed by atoms with Crippen molar-refractivity contribution in [3.05, 3.63) is 53.9 Å². The molecule has 2 aliphatic heterocycles. The maximum atomic E-state index is 12.8. The van der Waals surface area contributed by atoms with E-state index in [1.54, 1.807) is 0 Å². The molecule has 0 saturated carbocycles. The van der Waals surface area contributed by atoms with Crippen LogP contribution in [0.5, 0.6) is 11.5 Å². The highest BCUT2D eigenvalue weighted by atomic mass is 16.7. The van der Waals surface area contributed by atoms with E-state index in [1.807, 2.05) is 47.4 Å². The monoisotopic (exact) mass is 377 g/mol. The lowest BCUT2D eigenvalue weighted by Crippen LogP contribution is -2.39. The molecule has 0 radical (unpaired) electrons. The number of nitrogens with one attached hydrogen (secondary N) is 1. The van der Waals surface area contributed by atoms with Crippen molar-refractivity contribution >= 4 is 16.9 Å². The molecule has 6 nitrogen and oxygen atoms in total. The standard InChI is InChI=1S/C22H23N3O3/c26-21(10-8-15-7-9-19-20(12-15)28-14-27-19)25-11-3-4-16(13-25)22-23-17-5-1-2-6-18(17)24-22/h1-2,5-7,9,12,16H,3-4,8,10-11,13-14H2,(H,23,24). The fourth-order valence-corrected chi connectivity index (χ4v) is 4.10. The Labute approximate surface area is 163 Å². The molecule has 1 aromatic heterocycles. The predicted octanol–water partition coefficient (Wildman–Crippen LogP) is 3.63. The molecule has 2 aliphatic rings. The summed E-state index contributed by atoms with van der Waals surface area (Å²) in [6.07, 6.45) is 3.29. The SMILES string of the molecule is O=C(CCc1ccc2c(c1)OCO2)N1CCCC(c2nc3ccccc3[nH]2)C1. The Hall–Kier alpha value is -3.02. The average molecular weight is 377 g/mol. The van der Waals surface area contributed by atoms with Gasteiger partial charge in [0.2, 0.25) is 12.7 Å². The van der Waals surface area contributed by atoms with Gasteiger partial charge in [-0.2, -0.15) is 0 Å². The van der Waals surface area contributed by atoms with Gasteiger partial charge in [-0.1, -0.05) is 18.2 Å². The molecule has 6 heteroatoms. The fraction of sp³-hybridized carbons (Fsp3) is 0.364. The summed E-state index contributed by atoms with van der Waals surface area (Å²) in [7, 11) is 0. The van der Waals surface area contributed by atoms with Gasteiger partial charge in [0.25, 0.3) is 0 Å². The number of carbonyl (C=O) groups is 1. The van der Waals surface area contributed by atoms with Crippen LogP contribution in [0.15, 0.2) is 42.5 Å². The summed E-state index contributed by atoms with van der Waals surface area (Å²) in [5, 5.41) is 0. The Morgan fingerprint density at radius 3 is 3.00 bits per heavy atom. The van der Waals surface area contributed by atoms with Crippen LogP contribution in [0.25, 0.3) is 11.0 Å². The van der Waals surface area contributed by atoms with Crippen LogP contribution < -0.4 is 9.47 Å². The Balaban J connectivity index is 1.22. The fourth-order valence-electron chi connectivity index (χ4n) is 4.10. The number of hydrogen-bond acceptors (Lipinski definition) is 4. The largest absolute Gasteiger partial charge is 0.454 e. The number of rotatable bonds is 4. The van der Waals surface area contributed by atoms with Gasteiger partial charge in [-0.25, -0.2) is 4.98 Å². The first-order chi connectivity index (χ1) is 13.8. The van der Waals surface area contributed by atoms with E-state index in [0.29, 0.717) is 12.8 Å². The minimum atomic E-state index is 0.207. The Morgan fingerprint density at radius 2 is 2.07 bits per heavy atom. The molecular weight excluding hydrogens is 354 g/mol. The Kier molecular flexibility index (Phi) is 4.39. The lowest BCUT2D eigenvalue weighted by molar-refractivity contribution is -0.132. The van der Waals surface area contributed by atoms with Crippen LogP contribution in [0, 0.1) is 0 Å². The molecule has 0 aliphatic carbocycles. The zero-order chi connectivity index (χ0) is 18.9. The van der Waals surface area contributed by atoms with Crippen LogP contribution in [0.2, 0.25) is 0 Å². The van der Waals surface area contributed by atoms with Crippen molar-refractivity contribution in [3.8, 4) is 11.5 Å². The predicted molar refractivity (Wildman–Crippen MR) is 106 cm³/mol. The summed E-state index contributed by atoms with van der Waals surface area (Å²) < 4.78 is 10.8. The lowest BCUT2D eigenvalue weighted by atomic mass is 9.96. The van der Waals surface area contributed by atoms with Gasteiger partial charge in [0.15, 0.2) is 11.5 Å². The van der Waals surface area contributed by atoms with Crippen molar-refractivity contribution in [2.45, 2.75) is 31.6 Å². The molecule has 5 rings (SSSR count). The minimum Gasteiger partial charge on any atom is -0.454 e. The third kappa shape index (κ3) is 3.30. The smallest absolute Gasteiger partial charge is 0.231 e. The van der Waals surface area contributed by atoms with Crippen molar-refractivity contribution in [1.82, 2.24) is 14.9 Å². The zero-order valence-corrected chi connectivity index (χ0v) is 15.7. The van der Waals surface area contributed by atoms with Crippen molar-refractivity contribution in [2.24, 2.45) is 0 Å². The topological polar surface area (TPSA) is 67.5 Å². The van der Waals surface area contributed by atoms with Gasteiger partial charge in [0, 0.05) is 25.4 Å². The molecule has 1 amide bonds. The molecule has 1 N–H and O–H groups in total. The van der Waals surface area contributed by atoms with Gasteiger partial charge in [-0.3, -0.25) is 4.79 Å². The van der Waals surface area contributed by atoms with E-state index in [9.17, 15) is 4.79 Å². The molecule has 0 spiro atoms. The minimum absolute atomic E-state index is 0.207. The van der Waals surface area contributed by atoms with Crippen LogP contribution in [0.1, 0.15) is 36.6 Å². The van der Waals surface area contributed by atoms with E-state index in [0.717, 1.165) is 59.9 Å². The first kappa shape index (κ1) is 17.1. The highest BCUT2D eigenvalue weighted by Crippen LogP contribution is 2.33. The number of amides is 1. The summed E-state index contributed by atoms with van der Waals surface area (Å²) in [6, 6.07) is 14.0. The number of benzene rings is 2. The molecule has 28 heavy (non-hydrogen) atoms. The van der Waals surface area contributed by atoms with E-state index in [1.165, 1.54) is 0 Å². The Morgan fingerprint density at radius 1 is 1.18 bits per heavy atom. The van der Waals surface area contributed by atoms with Crippen molar-refractivity contribution in [3.63, 3.8) is 0 Å². The molecule has 1 atom stereocenters. The lowest BCUT2D eigenvalue weighted by Gasteiger charge is -2.32. The quantitative estimate of drug-likeness (QED) is 0.754. The average Bonchev–Trinajstić information content (AvgIpc) is 3.38. The first-order valence-corrected chi connectivity index (χ1v) is 9.87. The maximum absolute atomic E-state index is 12.8. The highest BCUT2D eigenvalue weighted by Gasteiger charge is 2.26. The summed E-state index contributed by atoms with van der Waals surface area (Å²) in [5.74, 6) is 3.02. The highest BCUT2D eigenvalue weighted by molar-refractivity contribution is 5.77. The van der Waals surface area contributed by atoms with Crippen LogP contribution in [-0.4, -0.2) is 40.7 Å². The molecule has 2 aromatic carbocycles. The van der Waals surface area contributed by atoms with Gasteiger partial charge >= 0.3 is 0 Å². The number of likely N-dealkylation sites (tertiary alicyclic amines) is 1. The van der Waals surface area contributed by atoms with E-state index < -0.39 is 0 Å². The number of carbonyl (C=O) groups excluding carboxylic acids is 1. The second-order valence-corrected chi connectivity index (χ2v) is 7.51. The third-order valence-corrected chi connectivity index (χ3v) is 5.63. The number of fused-ring (bicyclic) bond motifs is 2. The molecule has 1 saturated heterocycles. The number of piperidine rings is 1.